The minimum Gasteiger partial charge on any atom is -0.309 e. The van der Waals surface area contributed by atoms with E-state index in [-0.39, 0.29) is 11.6 Å². The maximum Gasteiger partial charge on any atom is 0.401 e. The summed E-state index contributed by atoms with van der Waals surface area (Å²) in [5.74, 6) is 0.431. The van der Waals surface area contributed by atoms with Crippen molar-refractivity contribution < 1.29 is 13.2 Å². The standard InChI is InChI=1S/C15H27F3N2/c1-3-14(2)10-20(11-15(16,17)18)13(9-19-14)12-7-5-4-6-8-12/h12-13,19H,3-11H2,1-2H3. The van der Waals surface area contributed by atoms with Gasteiger partial charge in [0, 0.05) is 24.7 Å². The van der Waals surface area contributed by atoms with E-state index in [0.717, 1.165) is 19.3 Å². The van der Waals surface area contributed by atoms with E-state index >= 15 is 0 Å². The molecule has 1 aliphatic carbocycles. The van der Waals surface area contributed by atoms with Crippen LogP contribution in [0.25, 0.3) is 0 Å². The second-order valence-electron chi connectivity index (χ2n) is 6.78. The summed E-state index contributed by atoms with van der Waals surface area (Å²) < 4.78 is 38.6. The second-order valence-corrected chi connectivity index (χ2v) is 6.78. The Balaban J connectivity index is 2.08. The molecule has 0 radical (unpaired) electrons. The fraction of sp³-hybridized carbons (Fsp3) is 1.00. The number of hydrogen-bond donors (Lipinski definition) is 1. The molecule has 2 unspecified atom stereocenters. The smallest absolute Gasteiger partial charge is 0.309 e. The summed E-state index contributed by atoms with van der Waals surface area (Å²) in [5, 5.41) is 3.50. The van der Waals surface area contributed by atoms with E-state index in [4.69, 9.17) is 0 Å². The first-order valence-corrected chi connectivity index (χ1v) is 7.89. The van der Waals surface area contributed by atoms with Gasteiger partial charge in [-0.3, -0.25) is 4.90 Å². The number of rotatable bonds is 3. The summed E-state index contributed by atoms with van der Waals surface area (Å²) in [7, 11) is 0. The highest BCUT2D eigenvalue weighted by Gasteiger charge is 2.42. The zero-order valence-corrected chi connectivity index (χ0v) is 12.6. The van der Waals surface area contributed by atoms with E-state index in [1.54, 1.807) is 4.90 Å². The molecule has 2 atom stereocenters. The van der Waals surface area contributed by atoms with Gasteiger partial charge >= 0.3 is 6.18 Å². The number of alkyl halides is 3. The highest BCUT2D eigenvalue weighted by atomic mass is 19.4. The second kappa shape index (κ2) is 6.22. The Morgan fingerprint density at radius 3 is 2.40 bits per heavy atom. The first-order valence-electron chi connectivity index (χ1n) is 7.89. The predicted molar refractivity (Wildman–Crippen MR) is 74.7 cm³/mol. The van der Waals surface area contributed by atoms with Crippen molar-refractivity contribution in [1.82, 2.24) is 10.2 Å². The van der Waals surface area contributed by atoms with Crippen molar-refractivity contribution >= 4 is 0 Å². The third-order valence-electron chi connectivity index (χ3n) is 5.12. The summed E-state index contributed by atoms with van der Waals surface area (Å²) in [6, 6.07) is 0.0524. The number of hydrogen-bond acceptors (Lipinski definition) is 2. The largest absolute Gasteiger partial charge is 0.401 e. The minimum absolute atomic E-state index is 0.0524. The molecule has 2 aliphatic rings. The highest BCUT2D eigenvalue weighted by Crippen LogP contribution is 2.33. The van der Waals surface area contributed by atoms with Gasteiger partial charge in [-0.25, -0.2) is 0 Å². The molecule has 0 amide bonds. The lowest BCUT2D eigenvalue weighted by Gasteiger charge is -2.49. The lowest BCUT2D eigenvalue weighted by atomic mass is 9.80. The van der Waals surface area contributed by atoms with E-state index in [9.17, 15) is 13.2 Å². The minimum atomic E-state index is -4.10. The van der Waals surface area contributed by atoms with Crippen LogP contribution in [0.4, 0.5) is 13.2 Å². The maximum atomic E-state index is 12.9. The molecule has 118 valence electrons. The van der Waals surface area contributed by atoms with Gasteiger partial charge in [-0.1, -0.05) is 26.2 Å². The molecule has 1 heterocycles. The molecular formula is C15H27F3N2. The number of nitrogens with zero attached hydrogens (tertiary/aromatic N) is 1. The zero-order valence-electron chi connectivity index (χ0n) is 12.6. The Morgan fingerprint density at radius 1 is 1.20 bits per heavy atom. The summed E-state index contributed by atoms with van der Waals surface area (Å²) in [6.45, 7) is 4.52. The molecule has 2 fully saturated rings. The fourth-order valence-electron chi connectivity index (χ4n) is 3.73. The molecule has 0 bridgehead atoms. The average molecular weight is 292 g/mol. The van der Waals surface area contributed by atoms with Crippen molar-refractivity contribution in [2.45, 2.75) is 70.1 Å². The molecule has 1 saturated carbocycles. The topological polar surface area (TPSA) is 15.3 Å². The van der Waals surface area contributed by atoms with Gasteiger partial charge in [0.15, 0.2) is 0 Å². The van der Waals surface area contributed by atoms with E-state index in [0.29, 0.717) is 19.0 Å². The summed E-state index contributed by atoms with van der Waals surface area (Å²) in [4.78, 5) is 1.70. The monoisotopic (exact) mass is 292 g/mol. The van der Waals surface area contributed by atoms with Crippen molar-refractivity contribution in [3.05, 3.63) is 0 Å². The van der Waals surface area contributed by atoms with Gasteiger partial charge in [0.2, 0.25) is 0 Å². The third kappa shape index (κ3) is 4.10. The number of piperazine rings is 1. The van der Waals surface area contributed by atoms with Crippen LogP contribution in [0.5, 0.6) is 0 Å². The van der Waals surface area contributed by atoms with Crippen molar-refractivity contribution in [3.63, 3.8) is 0 Å². The molecular weight excluding hydrogens is 265 g/mol. The Hall–Kier alpha value is -0.290. The molecule has 0 spiro atoms. The van der Waals surface area contributed by atoms with Gasteiger partial charge in [0.25, 0.3) is 0 Å². The van der Waals surface area contributed by atoms with Crippen LogP contribution in [0.15, 0.2) is 0 Å². The van der Waals surface area contributed by atoms with E-state index in [2.05, 4.69) is 5.32 Å². The van der Waals surface area contributed by atoms with Crippen LogP contribution in [-0.4, -0.2) is 42.3 Å². The van der Waals surface area contributed by atoms with Crippen LogP contribution < -0.4 is 5.32 Å². The third-order valence-corrected chi connectivity index (χ3v) is 5.12. The highest BCUT2D eigenvalue weighted by molar-refractivity contribution is 4.97. The van der Waals surface area contributed by atoms with Crippen LogP contribution in [0.1, 0.15) is 52.4 Å². The fourth-order valence-corrected chi connectivity index (χ4v) is 3.73. The van der Waals surface area contributed by atoms with Crippen LogP contribution in [0.3, 0.4) is 0 Å². The molecule has 0 aromatic heterocycles. The van der Waals surface area contributed by atoms with Gasteiger partial charge in [-0.15, -0.1) is 0 Å². The molecule has 2 nitrogen and oxygen atoms in total. The van der Waals surface area contributed by atoms with E-state index < -0.39 is 12.7 Å². The van der Waals surface area contributed by atoms with Crippen molar-refractivity contribution in [2.75, 3.05) is 19.6 Å². The average Bonchev–Trinajstić information content (AvgIpc) is 2.38. The Kier molecular flexibility index (Phi) is 5.00. The number of nitrogens with one attached hydrogen (secondary N) is 1. The van der Waals surface area contributed by atoms with Gasteiger partial charge in [0.1, 0.15) is 0 Å². The van der Waals surface area contributed by atoms with E-state index in [1.807, 2.05) is 13.8 Å². The van der Waals surface area contributed by atoms with Crippen LogP contribution in [0.2, 0.25) is 0 Å². The van der Waals surface area contributed by atoms with Crippen LogP contribution in [-0.2, 0) is 0 Å². The predicted octanol–water partition coefficient (Wildman–Crippen LogP) is 3.57. The van der Waals surface area contributed by atoms with Gasteiger partial charge in [-0.05, 0) is 32.1 Å². The lowest BCUT2D eigenvalue weighted by molar-refractivity contribution is -0.160. The van der Waals surface area contributed by atoms with Crippen molar-refractivity contribution in [1.29, 1.82) is 0 Å². The first kappa shape index (κ1) is 16.1. The van der Waals surface area contributed by atoms with Crippen molar-refractivity contribution in [2.24, 2.45) is 5.92 Å². The molecule has 1 aliphatic heterocycles. The Labute approximate surface area is 120 Å². The van der Waals surface area contributed by atoms with Crippen LogP contribution >= 0.6 is 0 Å². The number of halogens is 3. The van der Waals surface area contributed by atoms with Gasteiger partial charge < -0.3 is 5.32 Å². The van der Waals surface area contributed by atoms with Gasteiger partial charge in [0.05, 0.1) is 6.54 Å². The van der Waals surface area contributed by atoms with Crippen LogP contribution in [0, 0.1) is 5.92 Å². The van der Waals surface area contributed by atoms with Crippen molar-refractivity contribution in [3.8, 4) is 0 Å². The normalized spacial score (nSPS) is 34.4. The SMILES string of the molecule is CCC1(C)CN(CC(F)(F)F)C(C2CCCCC2)CN1. The molecule has 1 N–H and O–H groups in total. The molecule has 0 aromatic carbocycles. The lowest BCUT2D eigenvalue weighted by Crippen LogP contribution is -2.65. The molecule has 20 heavy (non-hydrogen) atoms. The molecule has 0 aromatic rings. The van der Waals surface area contributed by atoms with E-state index in [1.165, 1.54) is 19.3 Å². The molecule has 5 heteroatoms. The Morgan fingerprint density at radius 2 is 1.85 bits per heavy atom. The summed E-state index contributed by atoms with van der Waals surface area (Å²) in [6.07, 6.45) is 2.52. The zero-order chi connectivity index (χ0) is 14.8. The van der Waals surface area contributed by atoms with Gasteiger partial charge in [-0.2, -0.15) is 13.2 Å². The maximum absolute atomic E-state index is 12.9. The summed E-state index contributed by atoms with van der Waals surface area (Å²) in [5.41, 5.74) is -0.184. The first-order chi connectivity index (χ1) is 9.33. The summed E-state index contributed by atoms with van der Waals surface area (Å²) >= 11 is 0. The molecule has 2 rings (SSSR count). The quantitative estimate of drug-likeness (QED) is 0.855. The molecule has 1 saturated heterocycles. The Bertz CT molecular complexity index is 313.